The number of ketones is 1. The van der Waals surface area contributed by atoms with Crippen LogP contribution in [0.2, 0.25) is 0 Å². The van der Waals surface area contributed by atoms with Crippen molar-refractivity contribution >= 4 is 11.9 Å². The first-order chi connectivity index (χ1) is 7.11. The summed E-state index contributed by atoms with van der Waals surface area (Å²) in [7, 11) is 0. The summed E-state index contributed by atoms with van der Waals surface area (Å²) >= 11 is 0. The number of carbonyl (C=O) groups excluding carboxylic acids is 1. The highest BCUT2D eigenvalue weighted by Crippen LogP contribution is 2.04. The Morgan fingerprint density at radius 2 is 1.60 bits per heavy atom. The van der Waals surface area contributed by atoms with Gasteiger partial charge < -0.3 is 10.0 Å². The first-order valence-electron chi connectivity index (χ1n) is 5.61. The van der Waals surface area contributed by atoms with Gasteiger partial charge in [0.05, 0.1) is 0 Å². The van der Waals surface area contributed by atoms with Crippen molar-refractivity contribution in [2.45, 2.75) is 47.0 Å². The molecule has 0 unspecified atom stereocenters. The Morgan fingerprint density at radius 1 is 1.27 bits per heavy atom. The van der Waals surface area contributed by atoms with Crippen molar-refractivity contribution in [3.63, 3.8) is 0 Å². The zero-order valence-corrected chi connectivity index (χ0v) is 10.2. The van der Waals surface area contributed by atoms with Gasteiger partial charge in [-0.05, 0) is 0 Å². The second-order valence-corrected chi connectivity index (χ2v) is 3.02. The zero-order valence-electron chi connectivity index (χ0n) is 10.2. The number of hydrogen-bond donors (Lipinski definition) is 1. The number of Topliss-reactive ketones (excluding diaryl/α,β-unsaturated/α-hetero) is 1. The van der Waals surface area contributed by atoms with Crippen LogP contribution >= 0.6 is 0 Å². The van der Waals surface area contributed by atoms with Gasteiger partial charge in [0.25, 0.3) is 0 Å². The number of likely N-dealkylation sites (tertiary alicyclic amines) is 1. The lowest BCUT2D eigenvalue weighted by Gasteiger charge is -2.22. The van der Waals surface area contributed by atoms with Crippen molar-refractivity contribution in [2.75, 3.05) is 13.1 Å². The summed E-state index contributed by atoms with van der Waals surface area (Å²) in [5.41, 5.74) is 0. The highest BCUT2D eigenvalue weighted by molar-refractivity contribution is 5.81. The molecule has 0 aromatic rings. The SMILES string of the molecule is CC.CCC.O=C1CCN(C(=O)O)CC1. The minimum Gasteiger partial charge on any atom is -0.465 e. The number of carbonyl (C=O) groups is 2. The fourth-order valence-electron chi connectivity index (χ4n) is 0.947. The second-order valence-electron chi connectivity index (χ2n) is 3.02. The molecule has 0 bridgehead atoms. The van der Waals surface area contributed by atoms with Crippen molar-refractivity contribution in [3.05, 3.63) is 0 Å². The lowest BCUT2D eigenvalue weighted by Crippen LogP contribution is -2.37. The van der Waals surface area contributed by atoms with Gasteiger partial charge in [0, 0.05) is 25.9 Å². The van der Waals surface area contributed by atoms with E-state index in [1.54, 1.807) is 0 Å². The van der Waals surface area contributed by atoms with Crippen LogP contribution in [0.5, 0.6) is 0 Å². The van der Waals surface area contributed by atoms with Crippen LogP contribution in [0.4, 0.5) is 4.79 Å². The maximum absolute atomic E-state index is 10.6. The van der Waals surface area contributed by atoms with Crippen molar-refractivity contribution < 1.29 is 14.7 Å². The molecule has 1 rings (SSSR count). The molecule has 4 heteroatoms. The molecular weight excluding hydrogens is 194 g/mol. The minimum atomic E-state index is -0.924. The van der Waals surface area contributed by atoms with Crippen LogP contribution in [0, 0.1) is 0 Å². The van der Waals surface area contributed by atoms with E-state index >= 15 is 0 Å². The van der Waals surface area contributed by atoms with Gasteiger partial charge in [-0.1, -0.05) is 34.1 Å². The van der Waals surface area contributed by atoms with Gasteiger partial charge >= 0.3 is 6.09 Å². The van der Waals surface area contributed by atoms with Gasteiger partial charge in [0.2, 0.25) is 0 Å². The van der Waals surface area contributed by atoms with Crippen LogP contribution < -0.4 is 0 Å². The minimum absolute atomic E-state index is 0.164. The number of amides is 1. The van der Waals surface area contributed by atoms with E-state index in [-0.39, 0.29) is 5.78 Å². The maximum Gasteiger partial charge on any atom is 0.407 e. The Labute approximate surface area is 92.3 Å². The highest BCUT2D eigenvalue weighted by Gasteiger charge is 2.19. The molecule has 1 aliphatic rings. The Hall–Kier alpha value is -1.06. The predicted octanol–water partition coefficient (Wildman–Crippen LogP) is 2.77. The van der Waals surface area contributed by atoms with Gasteiger partial charge in [-0.3, -0.25) is 4.79 Å². The predicted molar refractivity (Wildman–Crippen MR) is 61.2 cm³/mol. The quantitative estimate of drug-likeness (QED) is 0.678. The molecular formula is C11H23NO3. The molecule has 1 N–H and O–H groups in total. The lowest BCUT2D eigenvalue weighted by atomic mass is 10.1. The van der Waals surface area contributed by atoms with E-state index in [2.05, 4.69) is 13.8 Å². The molecule has 1 fully saturated rings. The summed E-state index contributed by atoms with van der Waals surface area (Å²) < 4.78 is 0. The normalized spacial score (nSPS) is 14.4. The monoisotopic (exact) mass is 217 g/mol. The molecule has 1 amide bonds. The van der Waals surface area contributed by atoms with Crippen molar-refractivity contribution in [1.29, 1.82) is 0 Å². The van der Waals surface area contributed by atoms with E-state index in [0.29, 0.717) is 25.9 Å². The summed E-state index contributed by atoms with van der Waals surface area (Å²) in [6.07, 6.45) is 1.09. The molecule has 1 saturated heterocycles. The van der Waals surface area contributed by atoms with E-state index in [1.807, 2.05) is 13.8 Å². The summed E-state index contributed by atoms with van der Waals surface area (Å²) in [6, 6.07) is 0. The van der Waals surface area contributed by atoms with E-state index in [1.165, 1.54) is 11.3 Å². The maximum atomic E-state index is 10.6. The largest absolute Gasteiger partial charge is 0.465 e. The molecule has 0 saturated carbocycles. The third kappa shape index (κ3) is 9.25. The third-order valence-corrected chi connectivity index (χ3v) is 1.59. The van der Waals surface area contributed by atoms with Gasteiger partial charge in [0.15, 0.2) is 0 Å². The van der Waals surface area contributed by atoms with Crippen LogP contribution in [-0.4, -0.2) is 35.0 Å². The molecule has 0 aliphatic carbocycles. The molecule has 4 nitrogen and oxygen atoms in total. The Morgan fingerprint density at radius 3 is 1.87 bits per heavy atom. The summed E-state index contributed by atoms with van der Waals surface area (Å²) in [4.78, 5) is 22.2. The van der Waals surface area contributed by atoms with Crippen LogP contribution in [0.3, 0.4) is 0 Å². The molecule has 1 heterocycles. The van der Waals surface area contributed by atoms with Crippen LogP contribution in [0.1, 0.15) is 47.0 Å². The Bertz CT molecular complexity index is 171. The van der Waals surface area contributed by atoms with E-state index < -0.39 is 6.09 Å². The first kappa shape index (κ1) is 16.4. The summed E-state index contributed by atoms with van der Waals surface area (Å²) in [5.74, 6) is 0.164. The number of hydrogen-bond acceptors (Lipinski definition) is 2. The van der Waals surface area contributed by atoms with E-state index in [4.69, 9.17) is 5.11 Å². The number of piperidine rings is 1. The summed E-state index contributed by atoms with van der Waals surface area (Å²) in [6.45, 7) is 8.99. The average molecular weight is 217 g/mol. The van der Waals surface area contributed by atoms with Crippen molar-refractivity contribution in [2.24, 2.45) is 0 Å². The second kappa shape index (κ2) is 11.0. The molecule has 90 valence electrons. The number of rotatable bonds is 0. The molecule has 0 atom stereocenters. The third-order valence-electron chi connectivity index (χ3n) is 1.59. The van der Waals surface area contributed by atoms with Gasteiger partial charge in [0.1, 0.15) is 5.78 Å². The Balaban J connectivity index is 0. The molecule has 15 heavy (non-hydrogen) atoms. The van der Waals surface area contributed by atoms with E-state index in [9.17, 15) is 9.59 Å². The molecule has 0 aromatic carbocycles. The fourth-order valence-corrected chi connectivity index (χ4v) is 0.947. The number of carboxylic acid groups (broad SMARTS) is 1. The van der Waals surface area contributed by atoms with Crippen molar-refractivity contribution in [3.8, 4) is 0 Å². The topological polar surface area (TPSA) is 57.6 Å². The van der Waals surface area contributed by atoms with E-state index in [0.717, 1.165) is 0 Å². The molecule has 0 aromatic heterocycles. The Kier molecular flexibility index (Phi) is 12.0. The lowest BCUT2D eigenvalue weighted by molar-refractivity contribution is -0.121. The summed E-state index contributed by atoms with van der Waals surface area (Å²) in [5, 5.41) is 8.44. The fraction of sp³-hybridized carbons (Fsp3) is 0.818. The molecule has 0 radical (unpaired) electrons. The number of nitrogens with zero attached hydrogens (tertiary/aromatic N) is 1. The van der Waals surface area contributed by atoms with Gasteiger partial charge in [-0.2, -0.15) is 0 Å². The average Bonchev–Trinajstić information content (AvgIpc) is 2.22. The van der Waals surface area contributed by atoms with Gasteiger partial charge in [-0.15, -0.1) is 0 Å². The smallest absolute Gasteiger partial charge is 0.407 e. The molecule has 1 aliphatic heterocycles. The van der Waals surface area contributed by atoms with Crippen LogP contribution in [0.15, 0.2) is 0 Å². The first-order valence-corrected chi connectivity index (χ1v) is 5.61. The standard InChI is InChI=1S/C6H9NO3.C3H8.C2H6/c8-5-1-3-7(4-2-5)6(9)10;1-3-2;1-2/h1-4H2,(H,9,10);3H2,1-2H3;1-2H3. The molecule has 0 spiro atoms. The zero-order chi connectivity index (χ0) is 12.3. The van der Waals surface area contributed by atoms with Gasteiger partial charge in [-0.25, -0.2) is 4.79 Å². The van der Waals surface area contributed by atoms with Crippen LogP contribution in [0.25, 0.3) is 0 Å². The van der Waals surface area contributed by atoms with Crippen molar-refractivity contribution in [1.82, 2.24) is 4.90 Å². The van der Waals surface area contributed by atoms with Crippen LogP contribution in [-0.2, 0) is 4.79 Å². The highest BCUT2D eigenvalue weighted by atomic mass is 16.4.